The summed E-state index contributed by atoms with van der Waals surface area (Å²) in [4.78, 5) is 0. The molecular weight excluding hydrogens is 544 g/mol. The fourth-order valence-electron chi connectivity index (χ4n) is 3.59. The minimum atomic E-state index is 0.559. The van der Waals surface area contributed by atoms with E-state index in [0.29, 0.717) is 26.4 Å². The van der Waals surface area contributed by atoms with Gasteiger partial charge in [0.2, 0.25) is 0 Å². The smallest absolute Gasteiger partial charge is 0.383 e. The summed E-state index contributed by atoms with van der Waals surface area (Å²) in [6.45, 7) is 9.70. The van der Waals surface area contributed by atoms with Crippen LogP contribution in [0, 0.1) is 0 Å². The lowest BCUT2D eigenvalue weighted by atomic mass is 10.3. The molecule has 2 N–H and O–H groups in total. The average molecular weight is 581 g/mol. The highest BCUT2D eigenvalue weighted by Crippen LogP contribution is 2.22. The number of thiazole rings is 2. The van der Waals surface area contributed by atoms with Crippen molar-refractivity contribution < 1.29 is 18.6 Å². The monoisotopic (exact) mass is 580 g/mol. The zero-order valence-corrected chi connectivity index (χ0v) is 24.5. The largest absolute Gasteiger partial charge is 0.408 e. The van der Waals surface area contributed by atoms with Gasteiger partial charge in [-0.15, -0.1) is 0 Å². The van der Waals surface area contributed by atoms with Crippen LogP contribution in [0.1, 0.15) is 13.8 Å². The Labute approximate surface area is 243 Å². The zero-order valence-electron chi connectivity index (χ0n) is 22.9. The molecule has 2 aromatic carbocycles. The van der Waals surface area contributed by atoms with Crippen molar-refractivity contribution in [3.8, 4) is 0 Å². The maximum atomic E-state index is 5.66. The quantitative estimate of drug-likeness (QED) is 0.0814. The molecule has 0 bridgehead atoms. The first kappa shape index (κ1) is 29.4. The van der Waals surface area contributed by atoms with Gasteiger partial charge >= 0.3 is 10.3 Å². The van der Waals surface area contributed by atoms with Gasteiger partial charge in [-0.3, -0.25) is 0 Å². The van der Waals surface area contributed by atoms with E-state index in [4.69, 9.17) is 9.47 Å². The lowest BCUT2D eigenvalue weighted by molar-refractivity contribution is -0.677. The first-order valence-electron chi connectivity index (χ1n) is 13.4. The summed E-state index contributed by atoms with van der Waals surface area (Å²) < 4.78 is 15.5. The van der Waals surface area contributed by atoms with E-state index in [1.54, 1.807) is 22.7 Å². The number of hydrogen-bond acceptors (Lipinski definition) is 10. The number of nitrogens with zero attached hydrogens (tertiary/aromatic N) is 6. The predicted molar refractivity (Wildman–Crippen MR) is 160 cm³/mol. The van der Waals surface area contributed by atoms with Gasteiger partial charge in [-0.2, -0.15) is 0 Å². The summed E-state index contributed by atoms with van der Waals surface area (Å²) in [5, 5.41) is 29.8. The number of hydrogen-bond donors (Lipinski definition) is 2. The highest BCUT2D eigenvalue weighted by molar-refractivity contribution is 7.13. The number of ether oxygens (including phenoxy) is 2. The molecule has 0 atom stereocenters. The van der Waals surface area contributed by atoms with E-state index in [0.717, 1.165) is 59.2 Å². The number of nitrogens with one attached hydrogen (secondary N) is 2. The van der Waals surface area contributed by atoms with Crippen molar-refractivity contribution in [1.82, 2.24) is 0 Å². The maximum Gasteiger partial charge on any atom is 0.408 e. The molecule has 0 aliphatic rings. The highest BCUT2D eigenvalue weighted by Gasteiger charge is 2.10. The molecule has 2 heterocycles. The van der Waals surface area contributed by atoms with Crippen LogP contribution in [-0.4, -0.2) is 39.5 Å². The molecule has 10 nitrogen and oxygen atoms in total. The molecule has 0 saturated carbocycles. The molecule has 0 unspecified atom stereocenters. The fourth-order valence-corrected chi connectivity index (χ4v) is 5.07. The minimum Gasteiger partial charge on any atom is -0.383 e. The Morgan fingerprint density at radius 2 is 1.02 bits per heavy atom. The second-order valence-electron chi connectivity index (χ2n) is 8.52. The van der Waals surface area contributed by atoms with Crippen molar-refractivity contribution in [2.45, 2.75) is 26.9 Å². The van der Waals surface area contributed by atoms with Crippen LogP contribution in [0.3, 0.4) is 0 Å². The molecule has 4 rings (SSSR count). The van der Waals surface area contributed by atoms with Gasteiger partial charge in [0.25, 0.3) is 0 Å². The summed E-state index contributed by atoms with van der Waals surface area (Å²) >= 11 is 3.16. The van der Waals surface area contributed by atoms with E-state index in [2.05, 4.69) is 54.1 Å². The van der Waals surface area contributed by atoms with Gasteiger partial charge < -0.3 is 20.1 Å². The van der Waals surface area contributed by atoms with Gasteiger partial charge in [-0.1, -0.05) is 0 Å². The van der Waals surface area contributed by atoms with Gasteiger partial charge in [0.1, 0.15) is 23.8 Å². The van der Waals surface area contributed by atoms with Crippen molar-refractivity contribution in [2.75, 3.05) is 50.2 Å². The molecule has 0 fully saturated rings. The SMILES string of the molecule is CC[n+]1ccsc1N=Nc1ccc(NCCOCCOCCNc2ccc(N=Nc3scc[n+]3CC)cc2)cc1. The van der Waals surface area contributed by atoms with Crippen LogP contribution in [0.4, 0.5) is 33.0 Å². The van der Waals surface area contributed by atoms with Crippen molar-refractivity contribution in [1.29, 1.82) is 0 Å². The lowest BCUT2D eigenvalue weighted by Crippen LogP contribution is -2.28. The Kier molecular flexibility index (Phi) is 12.1. The number of azo groups is 2. The summed E-state index contributed by atoms with van der Waals surface area (Å²) in [6.07, 6.45) is 4.03. The van der Waals surface area contributed by atoms with Crippen LogP contribution >= 0.6 is 22.7 Å². The number of benzene rings is 2. The van der Waals surface area contributed by atoms with Crippen LogP contribution in [0.2, 0.25) is 0 Å². The predicted octanol–water partition coefficient (Wildman–Crippen LogP) is 6.81. The van der Waals surface area contributed by atoms with E-state index in [1.807, 2.05) is 71.7 Å². The third kappa shape index (κ3) is 9.56. The summed E-state index contributed by atoms with van der Waals surface area (Å²) in [5.41, 5.74) is 3.69. The van der Waals surface area contributed by atoms with Crippen molar-refractivity contribution in [2.24, 2.45) is 20.5 Å². The van der Waals surface area contributed by atoms with E-state index < -0.39 is 0 Å². The molecule has 0 amide bonds. The van der Waals surface area contributed by atoms with Crippen LogP contribution in [0.25, 0.3) is 0 Å². The molecule has 12 heteroatoms. The van der Waals surface area contributed by atoms with Crippen LogP contribution in [0.5, 0.6) is 0 Å². The molecule has 40 heavy (non-hydrogen) atoms. The van der Waals surface area contributed by atoms with Crippen LogP contribution in [-0.2, 0) is 22.6 Å². The van der Waals surface area contributed by atoms with E-state index in [-0.39, 0.29) is 0 Å². The van der Waals surface area contributed by atoms with E-state index >= 15 is 0 Å². The topological polar surface area (TPSA) is 99.7 Å². The molecule has 0 spiro atoms. The lowest BCUT2D eigenvalue weighted by Gasteiger charge is -2.09. The summed E-state index contributed by atoms with van der Waals surface area (Å²) in [7, 11) is 0. The highest BCUT2D eigenvalue weighted by atomic mass is 32.1. The van der Waals surface area contributed by atoms with E-state index in [1.165, 1.54) is 0 Å². The number of rotatable bonds is 17. The Morgan fingerprint density at radius 3 is 1.43 bits per heavy atom. The van der Waals surface area contributed by atoms with E-state index in [9.17, 15) is 0 Å². The second-order valence-corrected chi connectivity index (χ2v) is 10.3. The molecule has 210 valence electrons. The van der Waals surface area contributed by atoms with Gasteiger partial charge in [-0.25, -0.2) is 9.13 Å². The molecular formula is C28H36N8O2S2+2. The number of anilines is 2. The Hall–Kier alpha value is -3.58. The third-order valence-corrected chi connectivity index (χ3v) is 7.33. The van der Waals surface area contributed by atoms with Gasteiger partial charge in [0.15, 0.2) is 0 Å². The molecule has 0 saturated heterocycles. The zero-order chi connectivity index (χ0) is 27.8. The Bertz CT molecular complexity index is 1230. The Morgan fingerprint density at radius 1 is 0.600 bits per heavy atom. The third-order valence-electron chi connectivity index (χ3n) is 5.76. The maximum absolute atomic E-state index is 5.66. The molecule has 0 radical (unpaired) electrons. The van der Waals surface area contributed by atoms with Gasteiger partial charge in [0, 0.05) is 35.2 Å². The minimum absolute atomic E-state index is 0.559. The first-order valence-corrected chi connectivity index (χ1v) is 15.1. The normalized spacial score (nSPS) is 11.6. The van der Waals surface area contributed by atoms with Gasteiger partial charge in [-0.05, 0) is 95.3 Å². The van der Waals surface area contributed by atoms with Crippen LogP contribution < -0.4 is 19.8 Å². The molecule has 2 aromatic heterocycles. The number of aryl methyl sites for hydroxylation is 2. The second kappa shape index (κ2) is 16.5. The first-order chi connectivity index (χ1) is 19.7. The van der Waals surface area contributed by atoms with Crippen molar-refractivity contribution in [3.63, 3.8) is 0 Å². The molecule has 0 aliphatic carbocycles. The van der Waals surface area contributed by atoms with Crippen molar-refractivity contribution in [3.05, 3.63) is 71.7 Å². The fraction of sp³-hybridized carbons (Fsp3) is 0.357. The summed E-state index contributed by atoms with van der Waals surface area (Å²) in [5.74, 6) is 0. The standard InChI is InChI=1S/C28H34N8O2S2/c1-3-35-15-21-39-27(35)33-31-25-9-5-23(6-10-25)29-13-17-37-19-20-38-18-14-30-24-7-11-26(12-8-24)32-34-28-36(4-2)16-22-40-28/h5-12,15-16,21-22H,3-4,13-14,17-20H2,1-2H3/p+2. The summed E-state index contributed by atoms with van der Waals surface area (Å²) in [6, 6.07) is 15.8. The van der Waals surface area contributed by atoms with Crippen LogP contribution in [0.15, 0.2) is 92.1 Å². The van der Waals surface area contributed by atoms with Gasteiger partial charge in [0.05, 0.1) is 49.7 Å². The average Bonchev–Trinajstić information content (AvgIpc) is 3.66. The molecule has 4 aromatic rings. The Balaban J connectivity index is 1.02. The van der Waals surface area contributed by atoms with Crippen molar-refractivity contribution >= 4 is 55.7 Å². The number of aromatic nitrogens is 2. The molecule has 0 aliphatic heterocycles.